The Kier molecular flexibility index (Phi) is 9.40. The van der Waals surface area contributed by atoms with Crippen molar-refractivity contribution >= 4 is 32.9 Å². The number of aryl methyl sites for hydroxylation is 2. The predicted molar refractivity (Wildman–Crippen MR) is 155 cm³/mol. The van der Waals surface area contributed by atoms with E-state index in [2.05, 4.69) is 83.0 Å². The van der Waals surface area contributed by atoms with Crippen LogP contribution in [0.4, 0.5) is 0 Å². The van der Waals surface area contributed by atoms with E-state index in [0.29, 0.717) is 24.6 Å². The van der Waals surface area contributed by atoms with Crippen LogP contribution in [0.5, 0.6) is 5.75 Å². The second kappa shape index (κ2) is 12.9. The van der Waals surface area contributed by atoms with Crippen molar-refractivity contribution in [2.75, 3.05) is 13.2 Å². The molecule has 0 bridgehead atoms. The molecule has 1 amide bonds. The molecule has 0 spiro atoms. The lowest BCUT2D eigenvalue weighted by Gasteiger charge is -2.16. The zero-order chi connectivity index (χ0) is 26.2. The Hall–Kier alpha value is -3.12. The molecule has 37 heavy (non-hydrogen) atoms. The molecule has 0 radical (unpaired) electrons. The van der Waals surface area contributed by atoms with Crippen LogP contribution in [0.25, 0.3) is 11.0 Å². The second-order valence-corrected chi connectivity index (χ2v) is 10.7. The molecule has 0 fully saturated rings. The van der Waals surface area contributed by atoms with Gasteiger partial charge in [0.2, 0.25) is 0 Å². The maximum Gasteiger partial charge on any atom is 0.251 e. The summed E-state index contributed by atoms with van der Waals surface area (Å²) in [6.45, 7) is 8.53. The standard InChI is InChI=1S/C31H36BrN3O2/c1-22(2)26-17-12-23(3)21-29(26)37-20-19-35-28-10-7-6-9-27(28)34-30(35)11-5-4-8-18-33-31(36)24-13-15-25(32)16-14-24/h6-7,9-10,12-17,21-22H,4-5,8,11,18-20H2,1-3H3,(H,33,36). The first-order valence-corrected chi connectivity index (χ1v) is 13.9. The summed E-state index contributed by atoms with van der Waals surface area (Å²) >= 11 is 3.40. The van der Waals surface area contributed by atoms with Gasteiger partial charge in [-0.25, -0.2) is 4.98 Å². The number of nitrogens with one attached hydrogen (secondary N) is 1. The molecular weight excluding hydrogens is 526 g/mol. The Bertz CT molecular complexity index is 1330. The third-order valence-electron chi connectivity index (χ3n) is 6.57. The van der Waals surface area contributed by atoms with Gasteiger partial charge in [-0.3, -0.25) is 4.79 Å². The molecule has 0 unspecified atom stereocenters. The summed E-state index contributed by atoms with van der Waals surface area (Å²) in [5.41, 5.74) is 5.31. The van der Waals surface area contributed by atoms with E-state index < -0.39 is 0 Å². The molecule has 5 nitrogen and oxygen atoms in total. The van der Waals surface area contributed by atoms with E-state index in [1.807, 2.05) is 30.3 Å². The van der Waals surface area contributed by atoms with Crippen LogP contribution in [0.3, 0.4) is 0 Å². The molecule has 0 aliphatic heterocycles. The van der Waals surface area contributed by atoms with Crippen LogP contribution >= 0.6 is 15.9 Å². The maximum atomic E-state index is 12.3. The summed E-state index contributed by atoms with van der Waals surface area (Å²) < 4.78 is 9.56. The largest absolute Gasteiger partial charge is 0.491 e. The third-order valence-corrected chi connectivity index (χ3v) is 7.09. The van der Waals surface area contributed by atoms with Gasteiger partial charge in [-0.2, -0.15) is 0 Å². The van der Waals surface area contributed by atoms with Crippen molar-refractivity contribution in [2.24, 2.45) is 0 Å². The Balaban J connectivity index is 1.31. The molecule has 6 heteroatoms. The number of fused-ring (bicyclic) bond motifs is 1. The van der Waals surface area contributed by atoms with Crippen LogP contribution in [0.1, 0.15) is 66.3 Å². The normalized spacial score (nSPS) is 11.3. The Morgan fingerprint density at radius 1 is 1.03 bits per heavy atom. The summed E-state index contributed by atoms with van der Waals surface area (Å²) in [5, 5.41) is 3.02. The highest BCUT2D eigenvalue weighted by Crippen LogP contribution is 2.28. The van der Waals surface area contributed by atoms with E-state index in [9.17, 15) is 4.79 Å². The van der Waals surface area contributed by atoms with E-state index in [-0.39, 0.29) is 5.91 Å². The fourth-order valence-corrected chi connectivity index (χ4v) is 4.81. The highest BCUT2D eigenvalue weighted by Gasteiger charge is 2.12. The van der Waals surface area contributed by atoms with Gasteiger partial charge < -0.3 is 14.6 Å². The van der Waals surface area contributed by atoms with Crippen molar-refractivity contribution in [1.29, 1.82) is 0 Å². The van der Waals surface area contributed by atoms with Gasteiger partial charge in [-0.05, 0) is 79.3 Å². The van der Waals surface area contributed by atoms with Crippen molar-refractivity contribution in [3.63, 3.8) is 0 Å². The fourth-order valence-electron chi connectivity index (χ4n) is 4.55. The molecule has 0 atom stereocenters. The van der Waals surface area contributed by atoms with Crippen LogP contribution in [-0.2, 0) is 13.0 Å². The van der Waals surface area contributed by atoms with Crippen molar-refractivity contribution in [1.82, 2.24) is 14.9 Å². The molecule has 1 aromatic heterocycles. The fraction of sp³-hybridized carbons (Fsp3) is 0.355. The molecule has 4 aromatic rings. The SMILES string of the molecule is Cc1ccc(C(C)C)c(OCCn2c(CCCCCNC(=O)c3ccc(Br)cc3)nc3ccccc32)c1. The summed E-state index contributed by atoms with van der Waals surface area (Å²) in [7, 11) is 0. The number of amides is 1. The number of rotatable bonds is 12. The monoisotopic (exact) mass is 561 g/mol. The minimum atomic E-state index is -0.0245. The molecule has 0 saturated carbocycles. The molecule has 0 saturated heterocycles. The summed E-state index contributed by atoms with van der Waals surface area (Å²) in [5.74, 6) is 2.46. The third kappa shape index (κ3) is 7.22. The number of carbonyl (C=O) groups is 1. The van der Waals surface area contributed by atoms with Gasteiger partial charge in [0.05, 0.1) is 17.6 Å². The van der Waals surface area contributed by atoms with Gasteiger partial charge in [0, 0.05) is 23.0 Å². The molecule has 4 rings (SSSR count). The van der Waals surface area contributed by atoms with Crippen LogP contribution in [0.15, 0.2) is 71.2 Å². The Morgan fingerprint density at radius 2 is 1.81 bits per heavy atom. The summed E-state index contributed by atoms with van der Waals surface area (Å²) in [6, 6.07) is 22.2. The van der Waals surface area contributed by atoms with Gasteiger partial charge in [0.1, 0.15) is 18.2 Å². The summed E-state index contributed by atoms with van der Waals surface area (Å²) in [6.07, 6.45) is 3.89. The number of benzene rings is 3. The topological polar surface area (TPSA) is 56.1 Å². The van der Waals surface area contributed by atoms with Crippen LogP contribution in [0, 0.1) is 6.92 Å². The van der Waals surface area contributed by atoms with Gasteiger partial charge >= 0.3 is 0 Å². The maximum absolute atomic E-state index is 12.3. The summed E-state index contributed by atoms with van der Waals surface area (Å²) in [4.78, 5) is 17.2. The van der Waals surface area contributed by atoms with Crippen LogP contribution in [-0.4, -0.2) is 28.6 Å². The number of para-hydroxylation sites is 2. The molecule has 194 valence electrons. The zero-order valence-corrected chi connectivity index (χ0v) is 23.6. The number of hydrogen-bond acceptors (Lipinski definition) is 3. The minimum absolute atomic E-state index is 0.0245. The zero-order valence-electron chi connectivity index (χ0n) is 22.0. The van der Waals surface area contributed by atoms with Crippen molar-refractivity contribution in [2.45, 2.75) is 58.9 Å². The number of ether oxygens (including phenoxy) is 1. The van der Waals surface area contributed by atoms with Crippen molar-refractivity contribution < 1.29 is 9.53 Å². The van der Waals surface area contributed by atoms with E-state index in [0.717, 1.165) is 59.3 Å². The first-order valence-electron chi connectivity index (χ1n) is 13.1. The van der Waals surface area contributed by atoms with Gasteiger partial charge in [0.15, 0.2) is 0 Å². The Labute approximate surface area is 228 Å². The van der Waals surface area contributed by atoms with Gasteiger partial charge in [-0.1, -0.05) is 60.5 Å². The number of unbranched alkanes of at least 4 members (excludes halogenated alkanes) is 2. The van der Waals surface area contributed by atoms with Gasteiger partial charge in [-0.15, -0.1) is 0 Å². The lowest BCUT2D eigenvalue weighted by atomic mass is 10.0. The molecule has 1 N–H and O–H groups in total. The highest BCUT2D eigenvalue weighted by atomic mass is 79.9. The first-order chi connectivity index (χ1) is 17.9. The molecular formula is C31H36BrN3O2. The Morgan fingerprint density at radius 3 is 2.59 bits per heavy atom. The first kappa shape index (κ1) is 26.9. The number of halogens is 1. The number of carbonyl (C=O) groups excluding carboxylic acids is 1. The molecule has 0 aliphatic rings. The molecule has 0 aliphatic carbocycles. The van der Waals surface area contributed by atoms with E-state index in [1.165, 1.54) is 11.1 Å². The number of imidazole rings is 1. The average Bonchev–Trinajstić information content (AvgIpc) is 3.23. The van der Waals surface area contributed by atoms with Gasteiger partial charge in [0.25, 0.3) is 5.91 Å². The average molecular weight is 563 g/mol. The van der Waals surface area contributed by atoms with E-state index in [1.54, 1.807) is 0 Å². The van der Waals surface area contributed by atoms with E-state index in [4.69, 9.17) is 9.72 Å². The smallest absolute Gasteiger partial charge is 0.251 e. The number of hydrogen-bond donors (Lipinski definition) is 1. The highest BCUT2D eigenvalue weighted by molar-refractivity contribution is 9.10. The molecule has 1 heterocycles. The minimum Gasteiger partial charge on any atom is -0.491 e. The van der Waals surface area contributed by atoms with Crippen molar-refractivity contribution in [3.05, 3.63) is 93.7 Å². The second-order valence-electron chi connectivity index (χ2n) is 9.79. The molecule has 3 aromatic carbocycles. The van der Waals surface area contributed by atoms with Crippen LogP contribution < -0.4 is 10.1 Å². The predicted octanol–water partition coefficient (Wildman–Crippen LogP) is 7.45. The lowest BCUT2D eigenvalue weighted by Crippen LogP contribution is -2.24. The quantitative estimate of drug-likeness (QED) is 0.183. The van der Waals surface area contributed by atoms with E-state index >= 15 is 0 Å². The van der Waals surface area contributed by atoms with Crippen molar-refractivity contribution in [3.8, 4) is 5.75 Å². The number of nitrogens with zero attached hydrogens (tertiary/aromatic N) is 2. The van der Waals surface area contributed by atoms with Crippen LogP contribution in [0.2, 0.25) is 0 Å². The number of aromatic nitrogens is 2. The lowest BCUT2D eigenvalue weighted by molar-refractivity contribution is 0.0953.